The molecule has 0 heterocycles. The van der Waals surface area contributed by atoms with E-state index in [0.717, 1.165) is 0 Å². The van der Waals surface area contributed by atoms with Crippen molar-refractivity contribution >= 4 is 12.0 Å². The second-order valence-corrected chi connectivity index (χ2v) is 3.25. The van der Waals surface area contributed by atoms with E-state index in [4.69, 9.17) is 16.3 Å². The Bertz CT molecular complexity index is 286. The van der Waals surface area contributed by atoms with Crippen molar-refractivity contribution in [3.63, 3.8) is 0 Å². The molecule has 0 fully saturated rings. The van der Waals surface area contributed by atoms with Gasteiger partial charge in [0, 0.05) is 26.2 Å². The molecule has 6 nitrogen and oxygen atoms in total. The molecule has 0 saturated carbocycles. The number of aliphatic carboxylic acids is 1. The van der Waals surface area contributed by atoms with E-state index in [2.05, 4.69) is 16.6 Å². The topological polar surface area (TPSA) is 87.7 Å². The van der Waals surface area contributed by atoms with Gasteiger partial charge in [0.05, 0.1) is 0 Å². The van der Waals surface area contributed by atoms with Crippen molar-refractivity contribution in [1.82, 2.24) is 10.6 Å². The predicted octanol–water partition coefficient (Wildman–Crippen LogP) is 0.189. The van der Waals surface area contributed by atoms with Gasteiger partial charge < -0.3 is 20.5 Å². The lowest BCUT2D eigenvalue weighted by Gasteiger charge is -2.12. The minimum absolute atomic E-state index is 0.0400. The first kappa shape index (κ1) is 15.3. The molecule has 0 aromatic heterocycles. The van der Waals surface area contributed by atoms with Crippen LogP contribution in [0.4, 0.5) is 4.79 Å². The van der Waals surface area contributed by atoms with Gasteiger partial charge in [-0.3, -0.25) is 0 Å². The maximum absolute atomic E-state index is 11.3. The highest BCUT2D eigenvalue weighted by Gasteiger charge is 2.17. The molecule has 96 valence electrons. The van der Waals surface area contributed by atoms with E-state index < -0.39 is 18.0 Å². The molecule has 2 amide bonds. The zero-order valence-electron chi connectivity index (χ0n) is 9.86. The smallest absolute Gasteiger partial charge is 0.327 e. The SMILES string of the molecule is C#CCC(NC(=O)NCCCOCC)C(=O)O. The summed E-state index contributed by atoms with van der Waals surface area (Å²) >= 11 is 0. The summed E-state index contributed by atoms with van der Waals surface area (Å²) in [5, 5.41) is 13.5. The van der Waals surface area contributed by atoms with E-state index in [0.29, 0.717) is 26.2 Å². The molecule has 0 aromatic carbocycles. The zero-order chi connectivity index (χ0) is 13.1. The van der Waals surface area contributed by atoms with Crippen molar-refractivity contribution in [2.45, 2.75) is 25.8 Å². The fraction of sp³-hybridized carbons (Fsp3) is 0.636. The average molecular weight is 242 g/mol. The van der Waals surface area contributed by atoms with Crippen LogP contribution in [0.5, 0.6) is 0 Å². The number of carbonyl (C=O) groups excluding carboxylic acids is 1. The number of urea groups is 1. The van der Waals surface area contributed by atoms with Crippen molar-refractivity contribution in [2.75, 3.05) is 19.8 Å². The normalized spacial score (nSPS) is 11.3. The molecule has 0 aliphatic heterocycles. The van der Waals surface area contributed by atoms with Gasteiger partial charge in [0.15, 0.2) is 0 Å². The maximum Gasteiger partial charge on any atom is 0.327 e. The molecular weight excluding hydrogens is 224 g/mol. The van der Waals surface area contributed by atoms with Crippen LogP contribution in [0.2, 0.25) is 0 Å². The van der Waals surface area contributed by atoms with Gasteiger partial charge in [0.25, 0.3) is 0 Å². The molecular formula is C11H18N2O4. The summed E-state index contributed by atoms with van der Waals surface area (Å²) in [6.07, 6.45) is 5.63. The second kappa shape index (κ2) is 9.48. The molecule has 0 aromatic rings. The molecule has 3 N–H and O–H groups in total. The molecule has 0 rings (SSSR count). The summed E-state index contributed by atoms with van der Waals surface area (Å²) in [5.74, 6) is 1.05. The number of nitrogens with one attached hydrogen (secondary N) is 2. The number of amides is 2. The predicted molar refractivity (Wildman–Crippen MR) is 62.5 cm³/mol. The minimum atomic E-state index is -1.15. The largest absolute Gasteiger partial charge is 0.480 e. The highest BCUT2D eigenvalue weighted by atomic mass is 16.5. The van der Waals surface area contributed by atoms with Crippen LogP contribution in [0.15, 0.2) is 0 Å². The summed E-state index contributed by atoms with van der Waals surface area (Å²) in [4.78, 5) is 22.0. The second-order valence-electron chi connectivity index (χ2n) is 3.25. The third kappa shape index (κ3) is 8.11. The summed E-state index contributed by atoms with van der Waals surface area (Å²) in [5.41, 5.74) is 0. The molecule has 1 unspecified atom stereocenters. The average Bonchev–Trinajstić information content (AvgIpc) is 2.28. The highest BCUT2D eigenvalue weighted by molar-refractivity contribution is 5.82. The zero-order valence-corrected chi connectivity index (χ0v) is 9.86. The van der Waals surface area contributed by atoms with E-state index in [1.165, 1.54) is 0 Å². The lowest BCUT2D eigenvalue weighted by molar-refractivity contribution is -0.139. The monoisotopic (exact) mass is 242 g/mol. The van der Waals surface area contributed by atoms with E-state index >= 15 is 0 Å². The number of hydrogen-bond acceptors (Lipinski definition) is 3. The molecule has 0 spiro atoms. The number of rotatable bonds is 8. The Morgan fingerprint density at radius 3 is 2.76 bits per heavy atom. The van der Waals surface area contributed by atoms with E-state index in [1.54, 1.807) is 0 Å². The van der Waals surface area contributed by atoms with E-state index in [9.17, 15) is 9.59 Å². The number of carboxylic acid groups (broad SMARTS) is 1. The summed E-state index contributed by atoms with van der Waals surface area (Å²) < 4.78 is 5.08. The molecule has 6 heteroatoms. The minimum Gasteiger partial charge on any atom is -0.480 e. The lowest BCUT2D eigenvalue weighted by Crippen LogP contribution is -2.46. The number of hydrogen-bond donors (Lipinski definition) is 3. The number of carboxylic acids is 1. The first-order valence-electron chi connectivity index (χ1n) is 5.40. The van der Waals surface area contributed by atoms with Crippen LogP contribution in [0.1, 0.15) is 19.8 Å². The standard InChI is InChI=1S/C11H18N2O4/c1-3-6-9(10(14)15)13-11(16)12-7-5-8-17-4-2/h1,9H,4-8H2,2H3,(H,14,15)(H2,12,13,16). The number of ether oxygens (including phenoxy) is 1. The van der Waals surface area contributed by atoms with Crippen LogP contribution < -0.4 is 10.6 Å². The number of terminal acetylenes is 1. The first-order chi connectivity index (χ1) is 8.11. The Labute approximate surface area is 101 Å². The molecule has 0 aliphatic carbocycles. The summed E-state index contributed by atoms with van der Waals surface area (Å²) in [6, 6.07) is -1.59. The fourth-order valence-corrected chi connectivity index (χ4v) is 1.05. The Kier molecular flexibility index (Phi) is 8.51. The molecule has 1 atom stereocenters. The van der Waals surface area contributed by atoms with Crippen molar-refractivity contribution in [2.24, 2.45) is 0 Å². The molecule has 0 aliphatic rings. The summed E-state index contributed by atoms with van der Waals surface area (Å²) in [6.45, 7) is 3.50. The van der Waals surface area contributed by atoms with Gasteiger partial charge in [-0.05, 0) is 13.3 Å². The van der Waals surface area contributed by atoms with Gasteiger partial charge in [-0.1, -0.05) is 0 Å². The molecule has 0 saturated heterocycles. The van der Waals surface area contributed by atoms with Crippen LogP contribution in [0.3, 0.4) is 0 Å². The van der Waals surface area contributed by atoms with Crippen molar-refractivity contribution in [3.05, 3.63) is 0 Å². The van der Waals surface area contributed by atoms with Gasteiger partial charge in [-0.15, -0.1) is 12.3 Å². The molecule has 17 heavy (non-hydrogen) atoms. The molecule has 0 bridgehead atoms. The maximum atomic E-state index is 11.3. The van der Waals surface area contributed by atoms with Crippen LogP contribution >= 0.6 is 0 Å². The lowest BCUT2D eigenvalue weighted by atomic mass is 10.2. The van der Waals surface area contributed by atoms with Gasteiger partial charge in [-0.25, -0.2) is 9.59 Å². The van der Waals surface area contributed by atoms with Crippen molar-refractivity contribution in [3.8, 4) is 12.3 Å². The Morgan fingerprint density at radius 2 is 2.24 bits per heavy atom. The van der Waals surface area contributed by atoms with Gasteiger partial charge in [0.2, 0.25) is 0 Å². The van der Waals surface area contributed by atoms with Crippen molar-refractivity contribution in [1.29, 1.82) is 0 Å². The quantitative estimate of drug-likeness (QED) is 0.419. The van der Waals surface area contributed by atoms with Crippen molar-refractivity contribution < 1.29 is 19.4 Å². The Balaban J connectivity index is 3.76. The third-order valence-corrected chi connectivity index (χ3v) is 1.88. The third-order valence-electron chi connectivity index (χ3n) is 1.88. The van der Waals surface area contributed by atoms with Crippen LogP contribution in [-0.2, 0) is 9.53 Å². The fourth-order valence-electron chi connectivity index (χ4n) is 1.05. The van der Waals surface area contributed by atoms with Gasteiger partial charge in [-0.2, -0.15) is 0 Å². The van der Waals surface area contributed by atoms with Crippen LogP contribution in [0.25, 0.3) is 0 Å². The van der Waals surface area contributed by atoms with Gasteiger partial charge >= 0.3 is 12.0 Å². The summed E-state index contributed by atoms with van der Waals surface area (Å²) in [7, 11) is 0. The molecule has 0 radical (unpaired) electrons. The first-order valence-corrected chi connectivity index (χ1v) is 5.40. The number of carbonyl (C=O) groups is 2. The highest BCUT2D eigenvalue weighted by Crippen LogP contribution is 1.90. The van der Waals surface area contributed by atoms with E-state index in [-0.39, 0.29) is 6.42 Å². The Hall–Kier alpha value is -1.74. The van der Waals surface area contributed by atoms with Crippen LogP contribution in [-0.4, -0.2) is 42.9 Å². The van der Waals surface area contributed by atoms with Crippen LogP contribution in [0, 0.1) is 12.3 Å². The van der Waals surface area contributed by atoms with E-state index in [1.807, 2.05) is 6.92 Å². The van der Waals surface area contributed by atoms with Gasteiger partial charge in [0.1, 0.15) is 6.04 Å². The Morgan fingerprint density at radius 1 is 1.53 bits per heavy atom.